The van der Waals surface area contributed by atoms with E-state index in [4.69, 9.17) is 0 Å². The predicted molar refractivity (Wildman–Crippen MR) is 107 cm³/mol. The van der Waals surface area contributed by atoms with Crippen LogP contribution in [0.1, 0.15) is 47.9 Å². The van der Waals surface area contributed by atoms with Gasteiger partial charge in [-0.3, -0.25) is 0 Å². The Morgan fingerprint density at radius 2 is 0.923 bits per heavy atom. The van der Waals surface area contributed by atoms with Crippen LogP contribution < -0.4 is 0 Å². The van der Waals surface area contributed by atoms with Crippen LogP contribution in [-0.2, 0) is 12.8 Å². The van der Waals surface area contributed by atoms with Crippen molar-refractivity contribution in [3.63, 3.8) is 0 Å². The molecular weight excluding hydrogens is 320 g/mol. The normalized spacial score (nSPS) is 13.3. The van der Waals surface area contributed by atoms with Crippen LogP contribution in [-0.4, -0.2) is 10.2 Å². The Labute approximate surface area is 155 Å². The second-order valence-corrected chi connectivity index (χ2v) is 7.17. The van der Waals surface area contributed by atoms with Gasteiger partial charge in [0.25, 0.3) is 0 Å². The summed E-state index contributed by atoms with van der Waals surface area (Å²) in [4.78, 5) is 0. The van der Waals surface area contributed by atoms with Crippen LogP contribution in [0.5, 0.6) is 11.5 Å². The molecule has 0 saturated carbocycles. The van der Waals surface area contributed by atoms with Gasteiger partial charge in [0, 0.05) is 0 Å². The first-order chi connectivity index (χ1) is 12.5. The highest BCUT2D eigenvalue weighted by Crippen LogP contribution is 2.31. The summed E-state index contributed by atoms with van der Waals surface area (Å²) in [7, 11) is 0. The molecule has 3 aromatic carbocycles. The summed E-state index contributed by atoms with van der Waals surface area (Å²) < 4.78 is 0. The molecule has 0 radical (unpaired) electrons. The molecule has 0 aliphatic heterocycles. The van der Waals surface area contributed by atoms with E-state index in [1.54, 1.807) is 24.3 Å². The van der Waals surface area contributed by atoms with E-state index >= 15 is 0 Å². The van der Waals surface area contributed by atoms with Gasteiger partial charge in [0.1, 0.15) is 11.5 Å². The van der Waals surface area contributed by atoms with Crippen LogP contribution in [0.3, 0.4) is 0 Å². The fraction of sp³-hybridized carbons (Fsp3) is 0.250. The Hall–Kier alpha value is -2.74. The van der Waals surface area contributed by atoms with E-state index < -0.39 is 0 Å². The molecule has 0 saturated heterocycles. The number of aromatic hydroxyl groups is 2. The van der Waals surface area contributed by atoms with Gasteiger partial charge in [-0.1, -0.05) is 62.4 Å². The van der Waals surface area contributed by atoms with Gasteiger partial charge in [-0.2, -0.15) is 0 Å². The van der Waals surface area contributed by atoms with Gasteiger partial charge in [-0.05, 0) is 71.2 Å². The Balaban J connectivity index is 1.78. The second-order valence-electron chi connectivity index (χ2n) is 7.17. The van der Waals surface area contributed by atoms with E-state index in [1.165, 1.54) is 22.3 Å². The van der Waals surface area contributed by atoms with Crippen molar-refractivity contribution in [3.05, 3.63) is 95.1 Å². The summed E-state index contributed by atoms with van der Waals surface area (Å²) >= 11 is 0. The maximum atomic E-state index is 9.47. The molecule has 0 bridgehead atoms. The van der Waals surface area contributed by atoms with Crippen molar-refractivity contribution in [2.45, 2.75) is 38.5 Å². The molecule has 0 aliphatic carbocycles. The Morgan fingerprint density at radius 3 is 1.27 bits per heavy atom. The quantitative estimate of drug-likeness (QED) is 0.593. The zero-order chi connectivity index (χ0) is 18.5. The molecule has 3 rings (SSSR count). The van der Waals surface area contributed by atoms with E-state index in [0.717, 1.165) is 12.8 Å². The molecule has 0 heterocycles. The molecule has 2 N–H and O–H groups in total. The second kappa shape index (κ2) is 8.09. The number of phenols is 2. The first-order valence-corrected chi connectivity index (χ1v) is 9.17. The molecule has 0 amide bonds. The van der Waals surface area contributed by atoms with Crippen molar-refractivity contribution in [1.82, 2.24) is 0 Å². The Kier molecular flexibility index (Phi) is 5.62. The van der Waals surface area contributed by atoms with Crippen molar-refractivity contribution in [2.24, 2.45) is 0 Å². The lowest BCUT2D eigenvalue weighted by Crippen LogP contribution is -2.07. The van der Waals surface area contributed by atoms with Crippen molar-refractivity contribution in [3.8, 4) is 11.5 Å². The molecule has 2 atom stereocenters. The summed E-state index contributed by atoms with van der Waals surface area (Å²) in [5, 5.41) is 18.9. The maximum absolute atomic E-state index is 9.47. The third-order valence-electron chi connectivity index (χ3n) is 5.01. The maximum Gasteiger partial charge on any atom is 0.115 e. The van der Waals surface area contributed by atoms with Gasteiger partial charge in [0.2, 0.25) is 0 Å². The number of phenolic OH excluding ortho intramolecular Hbond substituents is 2. The first kappa shape index (κ1) is 18.1. The van der Waals surface area contributed by atoms with Crippen molar-refractivity contribution >= 4 is 0 Å². The monoisotopic (exact) mass is 346 g/mol. The third kappa shape index (κ3) is 4.45. The summed E-state index contributed by atoms with van der Waals surface area (Å²) in [5.41, 5.74) is 5.23. The van der Waals surface area contributed by atoms with Gasteiger partial charge in [0.05, 0.1) is 0 Å². The average Bonchev–Trinajstić information content (AvgIpc) is 2.65. The predicted octanol–water partition coefficient (Wildman–Crippen LogP) is 5.79. The highest BCUT2D eigenvalue weighted by Gasteiger charge is 2.16. The van der Waals surface area contributed by atoms with Crippen LogP contribution in [0, 0.1) is 0 Å². The standard InChI is InChI=1S/C24H26O2/c1-17(15-19-7-11-21(25)12-8-19)23-5-3-4-6-24(23)18(2)16-20-9-13-22(26)14-10-20/h3-14,17-18,25-26H,15-16H2,1-2H3. The summed E-state index contributed by atoms with van der Waals surface area (Å²) in [6.45, 7) is 4.53. The van der Waals surface area contributed by atoms with E-state index in [0.29, 0.717) is 23.3 Å². The minimum atomic E-state index is 0.310. The first-order valence-electron chi connectivity index (χ1n) is 9.17. The molecule has 0 fully saturated rings. The zero-order valence-corrected chi connectivity index (χ0v) is 15.4. The Morgan fingerprint density at radius 1 is 0.577 bits per heavy atom. The molecule has 3 aromatic rings. The molecule has 2 heteroatoms. The lowest BCUT2D eigenvalue weighted by molar-refractivity contribution is 0.474. The third-order valence-corrected chi connectivity index (χ3v) is 5.01. The summed E-state index contributed by atoms with van der Waals surface area (Å²) in [5.74, 6) is 1.42. The average molecular weight is 346 g/mol. The van der Waals surface area contributed by atoms with E-state index in [2.05, 4.69) is 38.1 Å². The van der Waals surface area contributed by atoms with Crippen LogP contribution in [0.15, 0.2) is 72.8 Å². The minimum Gasteiger partial charge on any atom is -0.508 e. The van der Waals surface area contributed by atoms with Gasteiger partial charge < -0.3 is 10.2 Å². The number of benzene rings is 3. The summed E-state index contributed by atoms with van der Waals surface area (Å²) in [6, 6.07) is 23.7. The highest BCUT2D eigenvalue weighted by molar-refractivity contribution is 5.36. The van der Waals surface area contributed by atoms with E-state index in [1.807, 2.05) is 24.3 Å². The molecule has 0 aromatic heterocycles. The topological polar surface area (TPSA) is 40.5 Å². The summed E-state index contributed by atoms with van der Waals surface area (Å²) in [6.07, 6.45) is 1.90. The van der Waals surface area contributed by atoms with Crippen LogP contribution in [0.4, 0.5) is 0 Å². The van der Waals surface area contributed by atoms with Crippen LogP contribution in [0.25, 0.3) is 0 Å². The van der Waals surface area contributed by atoms with E-state index in [-0.39, 0.29) is 0 Å². The number of hydrogen-bond acceptors (Lipinski definition) is 2. The lowest BCUT2D eigenvalue weighted by Gasteiger charge is -2.21. The molecule has 2 nitrogen and oxygen atoms in total. The van der Waals surface area contributed by atoms with Crippen molar-refractivity contribution in [2.75, 3.05) is 0 Å². The van der Waals surface area contributed by atoms with Gasteiger partial charge in [-0.15, -0.1) is 0 Å². The molecule has 26 heavy (non-hydrogen) atoms. The van der Waals surface area contributed by atoms with Gasteiger partial charge >= 0.3 is 0 Å². The zero-order valence-electron chi connectivity index (χ0n) is 15.4. The molecular formula is C24H26O2. The smallest absolute Gasteiger partial charge is 0.115 e. The van der Waals surface area contributed by atoms with E-state index in [9.17, 15) is 10.2 Å². The molecule has 0 spiro atoms. The Bertz CT molecular complexity index is 762. The lowest BCUT2D eigenvalue weighted by atomic mass is 9.84. The highest BCUT2D eigenvalue weighted by atomic mass is 16.3. The van der Waals surface area contributed by atoms with Crippen LogP contribution in [0.2, 0.25) is 0 Å². The molecule has 2 unspecified atom stereocenters. The van der Waals surface area contributed by atoms with Gasteiger partial charge in [-0.25, -0.2) is 0 Å². The molecule has 0 aliphatic rings. The minimum absolute atomic E-state index is 0.310. The SMILES string of the molecule is CC(Cc1ccc(O)cc1)c1ccccc1C(C)Cc1ccc(O)cc1. The van der Waals surface area contributed by atoms with Gasteiger partial charge in [0.15, 0.2) is 0 Å². The number of hydrogen-bond donors (Lipinski definition) is 2. The fourth-order valence-electron chi connectivity index (χ4n) is 3.60. The largest absolute Gasteiger partial charge is 0.508 e. The van der Waals surface area contributed by atoms with Crippen LogP contribution >= 0.6 is 0 Å². The van der Waals surface area contributed by atoms with Crippen molar-refractivity contribution in [1.29, 1.82) is 0 Å². The molecule has 134 valence electrons. The fourth-order valence-corrected chi connectivity index (χ4v) is 3.60. The van der Waals surface area contributed by atoms with Crippen molar-refractivity contribution < 1.29 is 10.2 Å². The number of rotatable bonds is 6.